The average molecular weight is 405 g/mol. The highest BCUT2D eigenvalue weighted by Crippen LogP contribution is 2.16. The third-order valence-corrected chi connectivity index (χ3v) is 4.76. The fourth-order valence-electron chi connectivity index (χ4n) is 3.03. The van der Waals surface area contributed by atoms with Crippen LogP contribution >= 0.6 is 11.6 Å². The molecule has 150 valence electrons. The summed E-state index contributed by atoms with van der Waals surface area (Å²) in [5.74, 6) is 1.89. The van der Waals surface area contributed by atoms with Gasteiger partial charge in [-0.1, -0.05) is 11.6 Å². The van der Waals surface area contributed by atoms with Gasteiger partial charge in [-0.15, -0.1) is 0 Å². The number of piperazine rings is 1. The predicted molar refractivity (Wildman–Crippen MR) is 109 cm³/mol. The number of guanidine groups is 1. The Hall–Kier alpha value is -2.67. The number of hydrogen-bond donors (Lipinski definition) is 1. The number of benzene rings is 1. The number of hydrogen-bond acceptors (Lipinski definition) is 4. The monoisotopic (exact) mass is 404 g/mol. The van der Waals surface area contributed by atoms with E-state index in [9.17, 15) is 4.79 Å². The van der Waals surface area contributed by atoms with Gasteiger partial charge in [-0.2, -0.15) is 0 Å². The molecule has 1 aliphatic rings. The number of nitrogens with one attached hydrogen (secondary N) is 1. The van der Waals surface area contributed by atoms with Crippen molar-refractivity contribution in [1.29, 1.82) is 0 Å². The summed E-state index contributed by atoms with van der Waals surface area (Å²) in [5.41, 5.74) is 0. The zero-order chi connectivity index (χ0) is 19.9. The molecule has 0 saturated carbocycles. The molecule has 7 nitrogen and oxygen atoms in total. The lowest BCUT2D eigenvalue weighted by atomic mass is 10.3. The first-order chi connectivity index (χ1) is 13.6. The minimum Gasteiger partial charge on any atom is -0.489 e. The predicted octanol–water partition coefficient (Wildman–Crippen LogP) is 2.73. The van der Waals surface area contributed by atoms with E-state index in [1.54, 1.807) is 36.2 Å². The van der Waals surface area contributed by atoms with E-state index in [0.717, 1.165) is 11.7 Å². The van der Waals surface area contributed by atoms with Crippen LogP contribution in [0.2, 0.25) is 5.02 Å². The summed E-state index contributed by atoms with van der Waals surface area (Å²) >= 11 is 5.90. The molecule has 1 aromatic heterocycles. The summed E-state index contributed by atoms with van der Waals surface area (Å²) in [6, 6.07) is 10.7. The summed E-state index contributed by atoms with van der Waals surface area (Å²) in [7, 11) is 1.76. The number of amides is 1. The molecule has 0 spiro atoms. The molecular weight excluding hydrogens is 380 g/mol. The number of carbonyl (C=O) groups excluding carboxylic acids is 1. The van der Waals surface area contributed by atoms with Crippen LogP contribution in [0, 0.1) is 0 Å². The SMILES string of the molecule is CN=C(NCC(C)Oc1ccc(Cl)cc1)N1CCN(C(=O)c2ccco2)CC1. The molecule has 1 atom stereocenters. The van der Waals surface area contributed by atoms with Crippen molar-refractivity contribution in [3.8, 4) is 5.75 Å². The van der Waals surface area contributed by atoms with Crippen molar-refractivity contribution in [1.82, 2.24) is 15.1 Å². The van der Waals surface area contributed by atoms with Crippen LogP contribution < -0.4 is 10.1 Å². The quantitative estimate of drug-likeness (QED) is 0.613. The number of halogens is 1. The zero-order valence-electron chi connectivity index (χ0n) is 16.1. The Morgan fingerprint density at radius 3 is 2.50 bits per heavy atom. The Balaban J connectivity index is 1.45. The van der Waals surface area contributed by atoms with Crippen molar-refractivity contribution in [3.05, 3.63) is 53.4 Å². The molecular formula is C20H25ClN4O3. The fraction of sp³-hybridized carbons (Fsp3) is 0.400. The van der Waals surface area contributed by atoms with Crippen LogP contribution in [0.4, 0.5) is 0 Å². The van der Waals surface area contributed by atoms with E-state index >= 15 is 0 Å². The minimum absolute atomic E-state index is 0.0419. The maximum absolute atomic E-state index is 12.4. The number of ether oxygens (including phenoxy) is 1. The van der Waals surface area contributed by atoms with Gasteiger partial charge in [0.2, 0.25) is 0 Å². The van der Waals surface area contributed by atoms with Crippen LogP contribution in [-0.4, -0.2) is 67.5 Å². The lowest BCUT2D eigenvalue weighted by Gasteiger charge is -2.36. The second-order valence-corrected chi connectivity index (χ2v) is 7.00. The van der Waals surface area contributed by atoms with Crippen LogP contribution in [0.15, 0.2) is 52.1 Å². The highest BCUT2D eigenvalue weighted by atomic mass is 35.5. The first-order valence-electron chi connectivity index (χ1n) is 9.27. The molecule has 1 aliphatic heterocycles. The molecule has 1 fully saturated rings. The van der Waals surface area contributed by atoms with Crippen molar-refractivity contribution >= 4 is 23.5 Å². The van der Waals surface area contributed by atoms with Crippen molar-refractivity contribution in [2.24, 2.45) is 4.99 Å². The van der Waals surface area contributed by atoms with E-state index in [1.165, 1.54) is 6.26 Å². The van der Waals surface area contributed by atoms with Crippen molar-refractivity contribution < 1.29 is 13.9 Å². The van der Waals surface area contributed by atoms with E-state index in [0.29, 0.717) is 43.5 Å². The summed E-state index contributed by atoms with van der Waals surface area (Å²) in [5, 5.41) is 4.03. The van der Waals surface area contributed by atoms with Crippen LogP contribution in [0.1, 0.15) is 17.5 Å². The van der Waals surface area contributed by atoms with Gasteiger partial charge in [0.15, 0.2) is 11.7 Å². The zero-order valence-corrected chi connectivity index (χ0v) is 16.9. The van der Waals surface area contributed by atoms with Gasteiger partial charge < -0.3 is 24.3 Å². The normalized spacial score (nSPS) is 16.0. The largest absolute Gasteiger partial charge is 0.489 e. The molecule has 3 rings (SSSR count). The van der Waals surface area contributed by atoms with Gasteiger partial charge in [0.25, 0.3) is 5.91 Å². The molecule has 2 aromatic rings. The van der Waals surface area contributed by atoms with Gasteiger partial charge in [0, 0.05) is 38.2 Å². The van der Waals surface area contributed by atoms with Crippen molar-refractivity contribution in [2.75, 3.05) is 39.8 Å². The topological polar surface area (TPSA) is 70.3 Å². The Morgan fingerprint density at radius 2 is 1.89 bits per heavy atom. The maximum atomic E-state index is 12.4. The van der Waals surface area contributed by atoms with Gasteiger partial charge in [0.1, 0.15) is 11.9 Å². The number of rotatable bonds is 5. The molecule has 1 saturated heterocycles. The van der Waals surface area contributed by atoms with Crippen molar-refractivity contribution in [2.45, 2.75) is 13.0 Å². The van der Waals surface area contributed by atoms with E-state index in [4.69, 9.17) is 20.8 Å². The standard InChI is InChI=1S/C20H25ClN4O3/c1-15(28-17-7-5-16(21)6-8-17)14-23-20(22-2)25-11-9-24(10-12-25)19(26)18-4-3-13-27-18/h3-8,13,15H,9-12,14H2,1-2H3,(H,22,23). The molecule has 2 heterocycles. The summed E-state index contributed by atoms with van der Waals surface area (Å²) < 4.78 is 11.1. The van der Waals surface area contributed by atoms with Gasteiger partial charge in [-0.25, -0.2) is 0 Å². The molecule has 1 amide bonds. The van der Waals surface area contributed by atoms with Gasteiger partial charge in [0.05, 0.1) is 12.8 Å². The second-order valence-electron chi connectivity index (χ2n) is 6.57. The number of furan rings is 1. The fourth-order valence-corrected chi connectivity index (χ4v) is 3.16. The van der Waals surface area contributed by atoms with E-state index in [-0.39, 0.29) is 12.0 Å². The van der Waals surface area contributed by atoms with Gasteiger partial charge in [-0.05, 0) is 43.3 Å². The van der Waals surface area contributed by atoms with Gasteiger partial charge in [-0.3, -0.25) is 9.79 Å². The number of aliphatic imine (C=N–C) groups is 1. The number of nitrogens with zero attached hydrogens (tertiary/aromatic N) is 3. The van der Waals surface area contributed by atoms with Crippen LogP contribution in [0.25, 0.3) is 0 Å². The summed E-state index contributed by atoms with van der Waals surface area (Å²) in [4.78, 5) is 20.7. The molecule has 1 N–H and O–H groups in total. The maximum Gasteiger partial charge on any atom is 0.289 e. The van der Waals surface area contributed by atoms with Crippen LogP contribution in [-0.2, 0) is 0 Å². The highest BCUT2D eigenvalue weighted by molar-refractivity contribution is 6.30. The third kappa shape index (κ3) is 5.19. The average Bonchev–Trinajstić information content (AvgIpc) is 3.25. The lowest BCUT2D eigenvalue weighted by Crippen LogP contribution is -2.54. The summed E-state index contributed by atoms with van der Waals surface area (Å²) in [6.45, 7) is 5.26. The molecule has 1 unspecified atom stereocenters. The number of carbonyl (C=O) groups is 1. The van der Waals surface area contributed by atoms with E-state index in [1.807, 2.05) is 19.1 Å². The lowest BCUT2D eigenvalue weighted by molar-refractivity contribution is 0.0657. The van der Waals surface area contributed by atoms with Gasteiger partial charge >= 0.3 is 0 Å². The third-order valence-electron chi connectivity index (χ3n) is 4.51. The molecule has 1 aromatic carbocycles. The second kappa shape index (κ2) is 9.50. The molecule has 8 heteroatoms. The first-order valence-corrected chi connectivity index (χ1v) is 9.65. The Bertz CT molecular complexity index is 784. The highest BCUT2D eigenvalue weighted by Gasteiger charge is 2.25. The van der Waals surface area contributed by atoms with Crippen LogP contribution in [0.3, 0.4) is 0 Å². The Labute approximate surface area is 169 Å². The molecule has 0 aliphatic carbocycles. The first kappa shape index (κ1) is 20.1. The minimum atomic E-state index is -0.0717. The smallest absolute Gasteiger partial charge is 0.289 e. The van der Waals surface area contributed by atoms with Crippen LogP contribution in [0.5, 0.6) is 5.75 Å². The van der Waals surface area contributed by atoms with Crippen molar-refractivity contribution in [3.63, 3.8) is 0 Å². The Morgan fingerprint density at radius 1 is 1.21 bits per heavy atom. The van der Waals surface area contributed by atoms with E-state index in [2.05, 4.69) is 15.2 Å². The molecule has 28 heavy (non-hydrogen) atoms. The molecule has 0 bridgehead atoms. The van der Waals surface area contributed by atoms with E-state index < -0.39 is 0 Å². The Kier molecular flexibility index (Phi) is 6.81. The molecule has 0 radical (unpaired) electrons. The summed E-state index contributed by atoms with van der Waals surface area (Å²) in [6.07, 6.45) is 1.47.